The van der Waals surface area contributed by atoms with Gasteiger partial charge in [-0.1, -0.05) is 24.3 Å². The molecule has 1 aromatic rings. The number of carboxylic acid groups (broad SMARTS) is 1. The van der Waals surface area contributed by atoms with E-state index in [4.69, 9.17) is 4.74 Å². The van der Waals surface area contributed by atoms with Crippen LogP contribution >= 0.6 is 0 Å². The Labute approximate surface area is 127 Å². The molecule has 1 saturated heterocycles. The molecular weight excluding hydrogens is 286 g/mol. The van der Waals surface area contributed by atoms with Crippen LogP contribution in [0.25, 0.3) is 0 Å². The molecule has 5 unspecified atom stereocenters. The first-order valence-electron chi connectivity index (χ1n) is 7.11. The maximum atomic E-state index is 12.4. The summed E-state index contributed by atoms with van der Waals surface area (Å²) in [6, 6.07) is 6.79. The van der Waals surface area contributed by atoms with E-state index < -0.39 is 42.0 Å². The number of aliphatic hydroxyl groups excluding tert-OH is 1. The molecule has 2 aliphatic rings. The van der Waals surface area contributed by atoms with Crippen molar-refractivity contribution in [3.05, 3.63) is 42.0 Å². The lowest BCUT2D eigenvalue weighted by molar-refractivity contribution is -0.313. The van der Waals surface area contributed by atoms with Crippen molar-refractivity contribution in [2.24, 2.45) is 11.8 Å². The lowest BCUT2D eigenvalue weighted by atomic mass is 9.82. The number of fused-ring (bicyclic) bond motifs is 2. The van der Waals surface area contributed by atoms with Gasteiger partial charge in [0.05, 0.1) is 24.2 Å². The number of carbonyl (C=O) groups excluding carboxylic acids is 2. The molecule has 22 heavy (non-hydrogen) atoms. The molecule has 1 amide bonds. The number of hydrogen-bond donors (Lipinski definition) is 2. The first-order chi connectivity index (χ1) is 10.5. The van der Waals surface area contributed by atoms with Gasteiger partial charge in [-0.15, -0.1) is 0 Å². The average Bonchev–Trinajstić information content (AvgIpc) is 3.07. The third kappa shape index (κ3) is 2.51. The topological polar surface area (TPSA) is 98.7 Å². The third-order valence-electron chi connectivity index (χ3n) is 4.11. The Balaban J connectivity index is 1.78. The average molecular weight is 302 g/mol. The van der Waals surface area contributed by atoms with Crippen molar-refractivity contribution >= 4 is 17.6 Å². The molecule has 0 radical (unpaired) electrons. The molecule has 0 aliphatic carbocycles. The van der Waals surface area contributed by atoms with Gasteiger partial charge in [0.2, 0.25) is 5.91 Å². The summed E-state index contributed by atoms with van der Waals surface area (Å²) in [5, 5.41) is 23.5. The van der Waals surface area contributed by atoms with Crippen molar-refractivity contribution in [3.8, 4) is 0 Å². The fourth-order valence-corrected chi connectivity index (χ4v) is 3.00. The molecule has 2 aliphatic heterocycles. The van der Waals surface area contributed by atoms with Crippen LogP contribution in [-0.4, -0.2) is 29.2 Å². The summed E-state index contributed by atoms with van der Waals surface area (Å²) < 4.78 is 5.45. The van der Waals surface area contributed by atoms with Crippen molar-refractivity contribution in [1.29, 1.82) is 0 Å². The van der Waals surface area contributed by atoms with Crippen LogP contribution in [0, 0.1) is 11.8 Å². The first kappa shape index (κ1) is 14.7. The molecule has 116 valence electrons. The number of hydrogen-bond acceptors (Lipinski definition) is 5. The van der Waals surface area contributed by atoms with Gasteiger partial charge in [-0.05, 0) is 24.6 Å². The molecule has 0 saturated carbocycles. The van der Waals surface area contributed by atoms with Crippen molar-refractivity contribution in [2.45, 2.75) is 25.2 Å². The molecule has 1 fully saturated rings. The maximum Gasteiger partial charge on any atom is 0.231 e. The van der Waals surface area contributed by atoms with Crippen LogP contribution in [0.1, 0.15) is 18.6 Å². The molecule has 0 aromatic heterocycles. The van der Waals surface area contributed by atoms with Crippen molar-refractivity contribution in [2.75, 3.05) is 5.32 Å². The van der Waals surface area contributed by atoms with Crippen LogP contribution in [0.15, 0.2) is 36.4 Å². The molecule has 2 bridgehead atoms. The second-order valence-corrected chi connectivity index (χ2v) is 5.61. The van der Waals surface area contributed by atoms with Crippen molar-refractivity contribution in [1.82, 2.24) is 0 Å². The second kappa shape index (κ2) is 5.55. The fourth-order valence-electron chi connectivity index (χ4n) is 3.00. The Hall–Kier alpha value is -2.18. The zero-order chi connectivity index (χ0) is 15.9. The highest BCUT2D eigenvalue weighted by molar-refractivity contribution is 5.96. The van der Waals surface area contributed by atoms with Gasteiger partial charge in [-0.25, -0.2) is 0 Å². The molecule has 2 N–H and O–H groups in total. The van der Waals surface area contributed by atoms with E-state index in [-0.39, 0.29) is 0 Å². The minimum atomic E-state index is -1.28. The first-order valence-corrected chi connectivity index (χ1v) is 7.11. The summed E-state index contributed by atoms with van der Waals surface area (Å²) >= 11 is 0. The molecule has 1 aromatic carbocycles. The van der Waals surface area contributed by atoms with Crippen LogP contribution in [0.3, 0.4) is 0 Å². The highest BCUT2D eigenvalue weighted by Crippen LogP contribution is 2.39. The number of nitrogens with one attached hydrogen (secondary N) is 1. The van der Waals surface area contributed by atoms with Gasteiger partial charge in [0, 0.05) is 17.6 Å². The highest BCUT2D eigenvalue weighted by atomic mass is 16.5. The zero-order valence-electron chi connectivity index (χ0n) is 11.9. The smallest absolute Gasteiger partial charge is 0.231 e. The van der Waals surface area contributed by atoms with E-state index in [1.807, 2.05) is 0 Å². The summed E-state index contributed by atoms with van der Waals surface area (Å²) in [5.74, 6) is -3.49. The maximum absolute atomic E-state index is 12.4. The van der Waals surface area contributed by atoms with Gasteiger partial charge in [0.15, 0.2) is 0 Å². The van der Waals surface area contributed by atoms with Crippen LogP contribution in [0.4, 0.5) is 5.69 Å². The number of amides is 1. The number of anilines is 1. The van der Waals surface area contributed by atoms with E-state index >= 15 is 0 Å². The summed E-state index contributed by atoms with van der Waals surface area (Å²) in [6.07, 6.45) is 1.58. The number of ether oxygens (including phenoxy) is 1. The van der Waals surface area contributed by atoms with E-state index in [1.165, 1.54) is 0 Å². The molecule has 6 nitrogen and oxygen atoms in total. The Bertz CT molecular complexity index is 639. The summed E-state index contributed by atoms with van der Waals surface area (Å²) in [5.41, 5.74) is 1.17. The lowest BCUT2D eigenvalue weighted by Gasteiger charge is -2.25. The lowest BCUT2D eigenvalue weighted by Crippen LogP contribution is -2.45. The Morgan fingerprint density at radius 3 is 2.59 bits per heavy atom. The summed E-state index contributed by atoms with van der Waals surface area (Å²) in [4.78, 5) is 23.7. The van der Waals surface area contributed by atoms with Gasteiger partial charge in [-0.2, -0.15) is 0 Å². The van der Waals surface area contributed by atoms with Gasteiger partial charge in [-0.3, -0.25) is 4.79 Å². The third-order valence-corrected chi connectivity index (χ3v) is 4.11. The van der Waals surface area contributed by atoms with Crippen molar-refractivity contribution in [3.63, 3.8) is 0 Å². The van der Waals surface area contributed by atoms with Gasteiger partial charge < -0.3 is 25.1 Å². The SMILES string of the molecule is CC(O)c1cccc(NC(=O)C2C3C=CC(O3)C2C(=O)[O-])c1. The molecule has 6 heteroatoms. The minimum Gasteiger partial charge on any atom is -0.550 e. The Morgan fingerprint density at radius 2 is 1.95 bits per heavy atom. The molecule has 5 atom stereocenters. The Kier molecular flexibility index (Phi) is 3.72. The zero-order valence-corrected chi connectivity index (χ0v) is 11.9. The second-order valence-electron chi connectivity index (χ2n) is 5.61. The van der Waals surface area contributed by atoms with Crippen LogP contribution in [0.5, 0.6) is 0 Å². The van der Waals surface area contributed by atoms with Crippen molar-refractivity contribution < 1.29 is 24.5 Å². The standard InChI is InChI=1S/C16H17NO5/c1-8(18)9-3-2-4-10(7-9)17-15(19)13-11-5-6-12(22-11)14(13)16(20)21/h2-8,11-14,18H,1H3,(H,17,19)(H,20,21)/p-1. The predicted molar refractivity (Wildman–Crippen MR) is 75.5 cm³/mol. The minimum absolute atomic E-state index is 0.422. The van der Waals surface area contributed by atoms with E-state index in [9.17, 15) is 19.8 Å². The van der Waals surface area contributed by atoms with Gasteiger partial charge in [0.25, 0.3) is 0 Å². The van der Waals surface area contributed by atoms with E-state index in [1.54, 1.807) is 43.3 Å². The van der Waals surface area contributed by atoms with Crippen LogP contribution in [-0.2, 0) is 14.3 Å². The largest absolute Gasteiger partial charge is 0.550 e. The highest BCUT2D eigenvalue weighted by Gasteiger charge is 2.50. The molecule has 3 rings (SSSR count). The molecule has 2 heterocycles. The van der Waals surface area contributed by atoms with Gasteiger partial charge >= 0.3 is 0 Å². The molecular formula is C16H16NO5-. The number of carbonyl (C=O) groups is 2. The predicted octanol–water partition coefficient (Wildman–Crippen LogP) is -0.00210. The van der Waals surface area contributed by atoms with Gasteiger partial charge in [0.1, 0.15) is 0 Å². The number of benzene rings is 1. The Morgan fingerprint density at radius 1 is 1.27 bits per heavy atom. The van der Waals surface area contributed by atoms with Crippen LogP contribution < -0.4 is 10.4 Å². The molecule has 0 spiro atoms. The van der Waals surface area contributed by atoms with E-state index in [0.717, 1.165) is 0 Å². The number of rotatable bonds is 4. The quantitative estimate of drug-likeness (QED) is 0.763. The monoisotopic (exact) mass is 302 g/mol. The number of carboxylic acids is 1. The van der Waals surface area contributed by atoms with E-state index in [0.29, 0.717) is 11.3 Å². The number of aliphatic hydroxyl groups is 1. The normalized spacial score (nSPS) is 30.3. The van der Waals surface area contributed by atoms with E-state index in [2.05, 4.69) is 5.32 Å². The number of aliphatic carboxylic acids is 1. The fraction of sp³-hybridized carbons (Fsp3) is 0.375. The summed E-state index contributed by atoms with van der Waals surface area (Å²) in [6.45, 7) is 1.63. The summed E-state index contributed by atoms with van der Waals surface area (Å²) in [7, 11) is 0. The van der Waals surface area contributed by atoms with Crippen LogP contribution in [0.2, 0.25) is 0 Å².